The Bertz CT molecular complexity index is 1400. The maximum Gasteiger partial charge on any atom is 0.270 e. The SMILES string of the molecule is CCCCCCCC1(c2ccc(-n3c4ccc([N+](=O)[O-])cc4c4cc([N+](=O)[O-])ccc43)cc2)CCCCC1. The Labute approximate surface area is 222 Å². The lowest BCUT2D eigenvalue weighted by atomic mass is 9.66. The molecule has 0 unspecified atom stereocenters. The zero-order valence-electron chi connectivity index (χ0n) is 22.0. The van der Waals surface area contributed by atoms with Crippen LogP contribution in [0.3, 0.4) is 0 Å². The highest BCUT2D eigenvalue weighted by atomic mass is 16.6. The molecule has 0 spiro atoms. The molecule has 1 aliphatic carbocycles. The van der Waals surface area contributed by atoms with Crippen molar-refractivity contribution in [3.8, 4) is 5.69 Å². The highest BCUT2D eigenvalue weighted by molar-refractivity contribution is 6.10. The first kappa shape index (κ1) is 25.9. The van der Waals surface area contributed by atoms with Gasteiger partial charge in [-0.25, -0.2) is 0 Å². The van der Waals surface area contributed by atoms with E-state index in [1.165, 1.54) is 100 Å². The molecule has 0 N–H and O–H groups in total. The zero-order valence-corrected chi connectivity index (χ0v) is 22.0. The van der Waals surface area contributed by atoms with E-state index in [0.29, 0.717) is 10.8 Å². The van der Waals surface area contributed by atoms with Gasteiger partial charge >= 0.3 is 0 Å². The highest BCUT2D eigenvalue weighted by Gasteiger charge is 2.33. The zero-order chi connectivity index (χ0) is 26.7. The summed E-state index contributed by atoms with van der Waals surface area (Å²) in [5.41, 5.74) is 4.12. The predicted octanol–water partition coefficient (Wildman–Crippen LogP) is 9.16. The van der Waals surface area contributed by atoms with Gasteiger partial charge in [0.1, 0.15) is 0 Å². The molecule has 0 bridgehead atoms. The van der Waals surface area contributed by atoms with Gasteiger partial charge in [0.2, 0.25) is 0 Å². The predicted molar refractivity (Wildman–Crippen MR) is 152 cm³/mol. The number of benzene rings is 3. The van der Waals surface area contributed by atoms with E-state index >= 15 is 0 Å². The maximum absolute atomic E-state index is 11.5. The number of nitro groups is 2. The molecule has 0 radical (unpaired) electrons. The minimum absolute atomic E-state index is 0.0309. The number of hydrogen-bond donors (Lipinski definition) is 0. The van der Waals surface area contributed by atoms with Gasteiger partial charge in [0.15, 0.2) is 0 Å². The summed E-state index contributed by atoms with van der Waals surface area (Å²) in [4.78, 5) is 22.1. The Balaban J connectivity index is 1.55. The summed E-state index contributed by atoms with van der Waals surface area (Å²) in [6, 6.07) is 18.3. The van der Waals surface area contributed by atoms with Gasteiger partial charge < -0.3 is 4.57 Å². The fourth-order valence-corrected chi connectivity index (χ4v) is 6.45. The number of non-ortho nitro benzene ring substituents is 2. The largest absolute Gasteiger partial charge is 0.309 e. The average molecular weight is 514 g/mol. The van der Waals surface area contributed by atoms with Gasteiger partial charge in [-0.1, -0.05) is 70.4 Å². The van der Waals surface area contributed by atoms with Crippen LogP contribution in [-0.2, 0) is 5.41 Å². The molecular formula is C31H35N3O4. The van der Waals surface area contributed by atoms with Crippen molar-refractivity contribution in [2.45, 2.75) is 83.0 Å². The van der Waals surface area contributed by atoms with E-state index in [2.05, 4.69) is 35.8 Å². The number of hydrogen-bond acceptors (Lipinski definition) is 4. The van der Waals surface area contributed by atoms with Crippen molar-refractivity contribution in [3.05, 3.63) is 86.5 Å². The lowest BCUT2D eigenvalue weighted by molar-refractivity contribution is -0.385. The van der Waals surface area contributed by atoms with Crippen molar-refractivity contribution in [2.75, 3.05) is 0 Å². The summed E-state index contributed by atoms with van der Waals surface area (Å²) in [6.45, 7) is 2.25. The molecule has 0 aliphatic heterocycles. The lowest BCUT2D eigenvalue weighted by Crippen LogP contribution is -2.29. The molecule has 1 saturated carbocycles. The van der Waals surface area contributed by atoms with Gasteiger partial charge in [0, 0.05) is 40.7 Å². The van der Waals surface area contributed by atoms with Crippen LogP contribution in [0.15, 0.2) is 60.7 Å². The molecule has 0 amide bonds. The Morgan fingerprint density at radius 2 is 1.29 bits per heavy atom. The summed E-state index contributed by atoms with van der Waals surface area (Å²) < 4.78 is 2.06. The number of unbranched alkanes of at least 4 members (excludes halogenated alkanes) is 4. The van der Waals surface area contributed by atoms with Crippen LogP contribution in [0.1, 0.15) is 83.1 Å². The first-order chi connectivity index (χ1) is 18.4. The van der Waals surface area contributed by atoms with Crippen molar-refractivity contribution in [1.29, 1.82) is 0 Å². The molecule has 7 heteroatoms. The first-order valence-electron chi connectivity index (χ1n) is 13.9. The molecule has 0 atom stereocenters. The summed E-state index contributed by atoms with van der Waals surface area (Å²) in [5, 5.41) is 24.2. The number of nitro benzene ring substituents is 2. The summed E-state index contributed by atoms with van der Waals surface area (Å²) in [6.07, 6.45) is 14.0. The lowest BCUT2D eigenvalue weighted by Gasteiger charge is -2.38. The first-order valence-corrected chi connectivity index (χ1v) is 13.9. The van der Waals surface area contributed by atoms with Crippen LogP contribution in [0.5, 0.6) is 0 Å². The van der Waals surface area contributed by atoms with E-state index in [-0.39, 0.29) is 16.8 Å². The van der Waals surface area contributed by atoms with Crippen LogP contribution < -0.4 is 0 Å². The van der Waals surface area contributed by atoms with Crippen LogP contribution in [0.4, 0.5) is 11.4 Å². The molecular weight excluding hydrogens is 478 g/mol. The number of fused-ring (bicyclic) bond motifs is 3. The van der Waals surface area contributed by atoms with Crippen molar-refractivity contribution < 1.29 is 9.85 Å². The summed E-state index contributed by atoms with van der Waals surface area (Å²) in [7, 11) is 0. The molecule has 38 heavy (non-hydrogen) atoms. The van der Waals surface area contributed by atoms with Gasteiger partial charge in [-0.15, -0.1) is 0 Å². The van der Waals surface area contributed by atoms with Gasteiger partial charge in [0.05, 0.1) is 20.9 Å². The normalized spacial score (nSPS) is 15.2. The van der Waals surface area contributed by atoms with Crippen LogP contribution >= 0.6 is 0 Å². The quantitative estimate of drug-likeness (QED) is 0.120. The van der Waals surface area contributed by atoms with E-state index in [9.17, 15) is 20.2 Å². The molecule has 3 aromatic carbocycles. The Morgan fingerprint density at radius 3 is 1.82 bits per heavy atom. The van der Waals surface area contributed by atoms with Gasteiger partial charge in [0.25, 0.3) is 11.4 Å². The number of nitrogens with zero attached hydrogens (tertiary/aromatic N) is 3. The van der Waals surface area contributed by atoms with Gasteiger partial charge in [-0.3, -0.25) is 20.2 Å². The minimum atomic E-state index is -0.430. The third-order valence-corrected chi connectivity index (χ3v) is 8.46. The second-order valence-electron chi connectivity index (χ2n) is 10.8. The van der Waals surface area contributed by atoms with Gasteiger partial charge in [-0.05, 0) is 54.5 Å². The maximum atomic E-state index is 11.5. The minimum Gasteiger partial charge on any atom is -0.309 e. The van der Waals surface area contributed by atoms with Crippen LogP contribution in [0.2, 0.25) is 0 Å². The van der Waals surface area contributed by atoms with Crippen LogP contribution in [0, 0.1) is 20.2 Å². The molecule has 5 rings (SSSR count). The van der Waals surface area contributed by atoms with Crippen molar-refractivity contribution in [1.82, 2.24) is 4.57 Å². The fraction of sp³-hybridized carbons (Fsp3) is 0.419. The third-order valence-electron chi connectivity index (χ3n) is 8.46. The second kappa shape index (κ2) is 10.9. The fourth-order valence-electron chi connectivity index (χ4n) is 6.45. The van der Waals surface area contributed by atoms with E-state index in [1.54, 1.807) is 12.1 Å². The Hall–Kier alpha value is -3.74. The van der Waals surface area contributed by atoms with E-state index in [0.717, 1.165) is 16.7 Å². The molecule has 7 nitrogen and oxygen atoms in total. The van der Waals surface area contributed by atoms with Crippen LogP contribution in [0.25, 0.3) is 27.5 Å². The Kier molecular flexibility index (Phi) is 7.45. The molecule has 1 aromatic heterocycles. The molecule has 1 aliphatic rings. The molecule has 1 heterocycles. The van der Waals surface area contributed by atoms with Crippen molar-refractivity contribution >= 4 is 33.2 Å². The molecule has 0 saturated heterocycles. The second-order valence-corrected chi connectivity index (χ2v) is 10.8. The van der Waals surface area contributed by atoms with E-state index < -0.39 is 9.85 Å². The molecule has 1 fully saturated rings. The van der Waals surface area contributed by atoms with E-state index in [4.69, 9.17) is 0 Å². The molecule has 198 valence electrons. The van der Waals surface area contributed by atoms with E-state index in [1.807, 2.05) is 0 Å². The topological polar surface area (TPSA) is 91.2 Å². The summed E-state index contributed by atoms with van der Waals surface area (Å²) >= 11 is 0. The van der Waals surface area contributed by atoms with Crippen molar-refractivity contribution in [2.24, 2.45) is 0 Å². The van der Waals surface area contributed by atoms with Gasteiger partial charge in [-0.2, -0.15) is 0 Å². The average Bonchev–Trinajstić information content (AvgIpc) is 3.26. The van der Waals surface area contributed by atoms with Crippen LogP contribution in [-0.4, -0.2) is 14.4 Å². The monoisotopic (exact) mass is 513 g/mol. The highest BCUT2D eigenvalue weighted by Crippen LogP contribution is 2.44. The smallest absolute Gasteiger partial charge is 0.270 e. The standard InChI is InChI=1S/C31H35N3O4/c1-2-3-4-5-7-18-31(19-8-6-9-20-31)23-10-12-24(13-11-23)32-29-16-14-25(33(35)36)21-27(29)28-22-26(34(37)38)15-17-30(28)32/h10-17,21-22H,2-9,18-20H2,1H3. The number of aromatic nitrogens is 1. The number of rotatable bonds is 10. The third kappa shape index (κ3) is 4.89. The molecule has 4 aromatic rings. The van der Waals surface area contributed by atoms with Crippen molar-refractivity contribution in [3.63, 3.8) is 0 Å². The summed E-state index contributed by atoms with van der Waals surface area (Å²) in [5.74, 6) is 0. The Morgan fingerprint density at radius 1 is 0.737 bits per heavy atom.